The monoisotopic (exact) mass is 358 g/mol. The van der Waals surface area contributed by atoms with E-state index < -0.39 is 0 Å². The van der Waals surface area contributed by atoms with Crippen LogP contribution < -0.4 is 14.8 Å². The van der Waals surface area contributed by atoms with Crippen molar-refractivity contribution in [3.05, 3.63) is 30.3 Å². The third-order valence-electron chi connectivity index (χ3n) is 4.76. The van der Waals surface area contributed by atoms with Crippen molar-refractivity contribution in [1.29, 1.82) is 0 Å². The first kappa shape index (κ1) is 18.3. The maximum atomic E-state index is 12.1. The third-order valence-corrected chi connectivity index (χ3v) is 4.76. The zero-order valence-electron chi connectivity index (χ0n) is 15.4. The fourth-order valence-corrected chi connectivity index (χ4v) is 3.32. The van der Waals surface area contributed by atoms with Gasteiger partial charge in [-0.3, -0.25) is 4.79 Å². The SMILES string of the molecule is COc1ccc(-c2cnc(CCC(=O)NC3CCCCC3)o2)c(OC)c1. The summed E-state index contributed by atoms with van der Waals surface area (Å²) < 4.78 is 16.4. The average molecular weight is 358 g/mol. The van der Waals surface area contributed by atoms with Gasteiger partial charge in [0.2, 0.25) is 5.91 Å². The Hall–Kier alpha value is -2.50. The summed E-state index contributed by atoms with van der Waals surface area (Å²) in [6.07, 6.45) is 8.40. The number of hydrogen-bond donors (Lipinski definition) is 1. The van der Waals surface area contributed by atoms with Crippen molar-refractivity contribution in [2.24, 2.45) is 0 Å². The predicted molar refractivity (Wildman–Crippen MR) is 98.4 cm³/mol. The van der Waals surface area contributed by atoms with Gasteiger partial charge in [0.05, 0.1) is 26.0 Å². The first-order valence-electron chi connectivity index (χ1n) is 9.16. The molecule has 0 saturated heterocycles. The normalized spacial score (nSPS) is 14.8. The van der Waals surface area contributed by atoms with Crippen LogP contribution in [-0.4, -0.2) is 31.2 Å². The minimum atomic E-state index is 0.0682. The van der Waals surface area contributed by atoms with E-state index in [0.29, 0.717) is 42.0 Å². The van der Waals surface area contributed by atoms with Crippen molar-refractivity contribution in [3.63, 3.8) is 0 Å². The molecule has 6 heteroatoms. The summed E-state index contributed by atoms with van der Waals surface area (Å²) in [5.41, 5.74) is 0.804. The van der Waals surface area contributed by atoms with E-state index in [1.54, 1.807) is 26.5 Å². The van der Waals surface area contributed by atoms with Gasteiger partial charge >= 0.3 is 0 Å². The molecule has 0 spiro atoms. The fraction of sp³-hybridized carbons (Fsp3) is 0.500. The lowest BCUT2D eigenvalue weighted by Gasteiger charge is -2.22. The molecular formula is C20H26N2O4. The molecule has 1 N–H and O–H groups in total. The number of ether oxygens (including phenoxy) is 2. The highest BCUT2D eigenvalue weighted by molar-refractivity contribution is 5.76. The smallest absolute Gasteiger partial charge is 0.220 e. The molecular weight excluding hydrogens is 332 g/mol. The van der Waals surface area contributed by atoms with Crippen molar-refractivity contribution in [2.45, 2.75) is 51.0 Å². The number of aromatic nitrogens is 1. The minimum Gasteiger partial charge on any atom is -0.497 e. The first-order chi connectivity index (χ1) is 12.7. The summed E-state index contributed by atoms with van der Waals surface area (Å²) in [6, 6.07) is 5.85. The number of hydrogen-bond acceptors (Lipinski definition) is 5. The van der Waals surface area contributed by atoms with Crippen molar-refractivity contribution in [1.82, 2.24) is 10.3 Å². The van der Waals surface area contributed by atoms with Crippen LogP contribution >= 0.6 is 0 Å². The van der Waals surface area contributed by atoms with Crippen molar-refractivity contribution >= 4 is 5.91 Å². The Morgan fingerprint density at radius 1 is 1.23 bits per heavy atom. The molecule has 1 amide bonds. The van der Waals surface area contributed by atoms with E-state index >= 15 is 0 Å². The second-order valence-electron chi connectivity index (χ2n) is 6.59. The molecule has 0 bridgehead atoms. The van der Waals surface area contributed by atoms with Crippen molar-refractivity contribution in [3.8, 4) is 22.8 Å². The molecule has 0 atom stereocenters. The molecule has 1 aliphatic rings. The van der Waals surface area contributed by atoms with Gasteiger partial charge in [-0.1, -0.05) is 19.3 Å². The van der Waals surface area contributed by atoms with Crippen LogP contribution in [0.3, 0.4) is 0 Å². The summed E-state index contributed by atoms with van der Waals surface area (Å²) in [6.45, 7) is 0. The van der Waals surface area contributed by atoms with Gasteiger partial charge in [-0.15, -0.1) is 0 Å². The molecule has 26 heavy (non-hydrogen) atoms. The van der Waals surface area contributed by atoms with E-state index in [-0.39, 0.29) is 5.91 Å². The highest BCUT2D eigenvalue weighted by Gasteiger charge is 2.17. The standard InChI is InChI=1S/C20H26N2O4/c1-24-15-8-9-16(17(12-15)25-2)18-13-21-20(26-18)11-10-19(23)22-14-6-4-3-5-7-14/h8-9,12-14H,3-7,10-11H2,1-2H3,(H,22,23). The lowest BCUT2D eigenvalue weighted by Crippen LogP contribution is -2.36. The van der Waals surface area contributed by atoms with Gasteiger partial charge in [0.15, 0.2) is 11.7 Å². The zero-order valence-corrected chi connectivity index (χ0v) is 15.4. The lowest BCUT2D eigenvalue weighted by atomic mass is 9.95. The van der Waals surface area contributed by atoms with Crippen LogP contribution in [0, 0.1) is 0 Å². The molecule has 0 unspecified atom stereocenters. The number of nitrogens with zero attached hydrogens (tertiary/aromatic N) is 1. The molecule has 1 aliphatic carbocycles. The summed E-state index contributed by atoms with van der Waals surface area (Å²) >= 11 is 0. The number of rotatable bonds is 7. The molecule has 1 aromatic carbocycles. The van der Waals surface area contributed by atoms with Crippen LogP contribution in [0.1, 0.15) is 44.4 Å². The highest BCUT2D eigenvalue weighted by atomic mass is 16.5. The molecule has 1 aromatic heterocycles. The number of amides is 1. The van der Waals surface area contributed by atoms with E-state index in [1.807, 2.05) is 12.1 Å². The molecule has 140 valence electrons. The maximum absolute atomic E-state index is 12.1. The van der Waals surface area contributed by atoms with Crippen LogP contribution in [0.4, 0.5) is 0 Å². The van der Waals surface area contributed by atoms with E-state index in [9.17, 15) is 4.79 Å². The summed E-state index contributed by atoms with van der Waals surface area (Å²) in [7, 11) is 3.21. The number of nitrogens with one attached hydrogen (secondary N) is 1. The van der Waals surface area contributed by atoms with Crippen LogP contribution in [0.5, 0.6) is 11.5 Å². The number of aryl methyl sites for hydroxylation is 1. The fourth-order valence-electron chi connectivity index (χ4n) is 3.32. The molecule has 1 heterocycles. The minimum absolute atomic E-state index is 0.0682. The molecule has 1 fully saturated rings. The van der Waals surface area contributed by atoms with Gasteiger partial charge in [0.1, 0.15) is 11.5 Å². The predicted octanol–water partition coefficient (Wildman–Crippen LogP) is 3.74. The molecule has 0 radical (unpaired) electrons. The van der Waals surface area contributed by atoms with Crippen molar-refractivity contribution < 1.29 is 18.7 Å². The largest absolute Gasteiger partial charge is 0.497 e. The second-order valence-corrected chi connectivity index (χ2v) is 6.59. The number of oxazole rings is 1. The van der Waals surface area contributed by atoms with Crippen LogP contribution in [0.25, 0.3) is 11.3 Å². The number of carbonyl (C=O) groups is 1. The average Bonchev–Trinajstić information content (AvgIpc) is 3.15. The van der Waals surface area contributed by atoms with Gasteiger partial charge in [-0.2, -0.15) is 0 Å². The molecule has 3 rings (SSSR count). The Balaban J connectivity index is 1.58. The Morgan fingerprint density at radius 2 is 2.04 bits per heavy atom. The molecule has 2 aromatic rings. The van der Waals surface area contributed by atoms with E-state index in [0.717, 1.165) is 18.4 Å². The van der Waals surface area contributed by atoms with Gasteiger partial charge in [0, 0.05) is 24.9 Å². The molecule has 6 nitrogen and oxygen atoms in total. The summed E-state index contributed by atoms with van der Waals surface area (Å²) in [5, 5.41) is 3.12. The quantitative estimate of drug-likeness (QED) is 0.816. The highest BCUT2D eigenvalue weighted by Crippen LogP contribution is 2.33. The van der Waals surface area contributed by atoms with Crippen LogP contribution in [0.2, 0.25) is 0 Å². The zero-order chi connectivity index (χ0) is 18.4. The third kappa shape index (κ3) is 4.56. The van der Waals surface area contributed by atoms with Gasteiger partial charge in [-0.05, 0) is 25.0 Å². The molecule has 1 saturated carbocycles. The lowest BCUT2D eigenvalue weighted by molar-refractivity contribution is -0.122. The van der Waals surface area contributed by atoms with Gasteiger partial charge in [0.25, 0.3) is 0 Å². The van der Waals surface area contributed by atoms with E-state index in [2.05, 4.69) is 10.3 Å². The Labute approximate surface area is 153 Å². The Bertz CT molecular complexity index is 735. The maximum Gasteiger partial charge on any atom is 0.220 e. The number of benzene rings is 1. The number of carbonyl (C=O) groups excluding carboxylic acids is 1. The van der Waals surface area contributed by atoms with E-state index in [1.165, 1.54) is 19.3 Å². The Kier molecular flexibility index (Phi) is 6.15. The number of methoxy groups -OCH3 is 2. The topological polar surface area (TPSA) is 73.6 Å². The molecule has 0 aliphatic heterocycles. The van der Waals surface area contributed by atoms with Crippen LogP contribution in [-0.2, 0) is 11.2 Å². The van der Waals surface area contributed by atoms with Crippen LogP contribution in [0.15, 0.2) is 28.8 Å². The first-order valence-corrected chi connectivity index (χ1v) is 9.16. The summed E-state index contributed by atoms with van der Waals surface area (Å²) in [5.74, 6) is 2.61. The van der Waals surface area contributed by atoms with Gasteiger partial charge in [-0.25, -0.2) is 4.98 Å². The summed E-state index contributed by atoms with van der Waals surface area (Å²) in [4.78, 5) is 16.4. The van der Waals surface area contributed by atoms with Gasteiger partial charge < -0.3 is 19.2 Å². The second kappa shape index (κ2) is 8.74. The Morgan fingerprint density at radius 3 is 2.77 bits per heavy atom. The van der Waals surface area contributed by atoms with Crippen molar-refractivity contribution in [2.75, 3.05) is 14.2 Å². The van der Waals surface area contributed by atoms with E-state index in [4.69, 9.17) is 13.9 Å².